The number of aliphatic hydroxyl groups excluding tert-OH is 3. The molecule has 0 aromatic heterocycles. The zero-order valence-electron chi connectivity index (χ0n) is 9.23. The number of aliphatic hydroxyl groups is 4. The number of rotatable bonds is 2. The van der Waals surface area contributed by atoms with Gasteiger partial charge in [-0.05, 0) is 5.56 Å². The molecule has 17 heavy (non-hydrogen) atoms. The van der Waals surface area contributed by atoms with E-state index >= 15 is 0 Å². The minimum absolute atomic E-state index is 0.0544. The van der Waals surface area contributed by atoms with Crippen molar-refractivity contribution in [1.29, 1.82) is 0 Å². The van der Waals surface area contributed by atoms with Gasteiger partial charge in [0.15, 0.2) is 5.79 Å². The fourth-order valence-electron chi connectivity index (χ4n) is 1.93. The fraction of sp³-hybridized carbons (Fsp3) is 0.500. The van der Waals surface area contributed by atoms with E-state index in [1.54, 1.807) is 24.3 Å². The van der Waals surface area contributed by atoms with Gasteiger partial charge in [0.2, 0.25) is 0 Å². The van der Waals surface area contributed by atoms with Gasteiger partial charge in [-0.15, -0.1) is 0 Å². The van der Waals surface area contributed by atoms with Gasteiger partial charge in [0.05, 0.1) is 6.61 Å². The smallest absolute Gasteiger partial charge is 0.198 e. The van der Waals surface area contributed by atoms with Crippen molar-refractivity contribution in [2.45, 2.75) is 30.5 Å². The third-order valence-electron chi connectivity index (χ3n) is 2.98. The van der Waals surface area contributed by atoms with E-state index in [9.17, 15) is 20.4 Å². The largest absolute Gasteiger partial charge is 0.388 e. The minimum Gasteiger partial charge on any atom is -0.388 e. The Hall–Kier alpha value is -0.980. The molecular formula is C12H16O5. The average Bonchev–Trinajstić information content (AvgIpc) is 2.34. The highest BCUT2D eigenvalue weighted by Gasteiger charge is 2.48. The molecule has 94 valence electrons. The molecule has 0 saturated carbocycles. The minimum atomic E-state index is -1.86. The van der Waals surface area contributed by atoms with Crippen LogP contribution in [0.15, 0.2) is 30.3 Å². The van der Waals surface area contributed by atoms with Crippen LogP contribution < -0.4 is 0 Å². The molecule has 0 spiro atoms. The molecule has 1 saturated heterocycles. The van der Waals surface area contributed by atoms with Gasteiger partial charge in [0.25, 0.3) is 0 Å². The average molecular weight is 240 g/mol. The van der Waals surface area contributed by atoms with E-state index in [-0.39, 0.29) is 13.0 Å². The van der Waals surface area contributed by atoms with Crippen LogP contribution in [0.2, 0.25) is 0 Å². The van der Waals surface area contributed by atoms with Crippen LogP contribution in [0.4, 0.5) is 0 Å². The summed E-state index contributed by atoms with van der Waals surface area (Å²) in [5.74, 6) is -1.86. The Bertz CT molecular complexity index is 368. The molecule has 0 aliphatic carbocycles. The Labute approximate surface area is 98.9 Å². The summed E-state index contributed by atoms with van der Waals surface area (Å²) in [6, 6.07) is 9.01. The summed E-state index contributed by atoms with van der Waals surface area (Å²) in [7, 11) is 0. The molecule has 5 heteroatoms. The van der Waals surface area contributed by atoms with Gasteiger partial charge in [-0.1, -0.05) is 30.3 Å². The normalized spacial score (nSPS) is 38.0. The molecule has 4 N–H and O–H groups in total. The molecule has 1 heterocycles. The molecule has 1 fully saturated rings. The van der Waals surface area contributed by atoms with Crippen molar-refractivity contribution >= 4 is 0 Å². The highest BCUT2D eigenvalue weighted by atomic mass is 16.6. The van der Waals surface area contributed by atoms with Gasteiger partial charge in [-0.2, -0.15) is 0 Å². The highest BCUT2D eigenvalue weighted by Crippen LogP contribution is 2.27. The maximum atomic E-state index is 10.1. The van der Waals surface area contributed by atoms with E-state index in [0.29, 0.717) is 0 Å². The molecular weight excluding hydrogens is 224 g/mol. The van der Waals surface area contributed by atoms with E-state index in [4.69, 9.17) is 4.74 Å². The van der Waals surface area contributed by atoms with E-state index in [1.165, 1.54) is 0 Å². The standard InChI is InChI=1S/C12H16O5/c13-9-7-17-12(16,11(15)10(9)14)6-8-4-2-1-3-5-8/h1-5,9-11,13-16H,6-7H2/t9-,10+,11-,12?/m1/s1. The summed E-state index contributed by atoms with van der Waals surface area (Å²) < 4.78 is 5.06. The Balaban J connectivity index is 2.14. The van der Waals surface area contributed by atoms with Gasteiger partial charge in [-0.3, -0.25) is 0 Å². The van der Waals surface area contributed by atoms with Crippen molar-refractivity contribution in [3.8, 4) is 0 Å². The van der Waals surface area contributed by atoms with Crippen LogP contribution in [-0.2, 0) is 11.2 Å². The lowest BCUT2D eigenvalue weighted by atomic mass is 9.92. The summed E-state index contributed by atoms with van der Waals surface area (Å²) in [6.45, 7) is -0.207. The van der Waals surface area contributed by atoms with Crippen LogP contribution in [0.3, 0.4) is 0 Å². The third kappa shape index (κ3) is 2.48. The second-order valence-corrected chi connectivity index (χ2v) is 4.32. The molecule has 1 aromatic carbocycles. The molecule has 0 radical (unpaired) electrons. The molecule has 1 aromatic rings. The number of hydrogen-bond acceptors (Lipinski definition) is 5. The van der Waals surface area contributed by atoms with Crippen molar-refractivity contribution in [2.75, 3.05) is 6.61 Å². The van der Waals surface area contributed by atoms with E-state index in [1.807, 2.05) is 6.07 Å². The first-order valence-corrected chi connectivity index (χ1v) is 5.47. The molecule has 1 aliphatic rings. The summed E-state index contributed by atoms with van der Waals surface area (Å²) >= 11 is 0. The number of hydrogen-bond donors (Lipinski definition) is 4. The van der Waals surface area contributed by atoms with Crippen molar-refractivity contribution in [2.24, 2.45) is 0 Å². The zero-order valence-corrected chi connectivity index (χ0v) is 9.23. The van der Waals surface area contributed by atoms with Gasteiger partial charge in [-0.25, -0.2) is 0 Å². The Morgan fingerprint density at radius 3 is 2.47 bits per heavy atom. The van der Waals surface area contributed by atoms with Crippen LogP contribution in [-0.4, -0.2) is 51.1 Å². The highest BCUT2D eigenvalue weighted by molar-refractivity contribution is 5.17. The zero-order chi connectivity index (χ0) is 12.5. The predicted octanol–water partition coefficient (Wildman–Crippen LogP) is -0.969. The van der Waals surface area contributed by atoms with Gasteiger partial charge >= 0.3 is 0 Å². The van der Waals surface area contributed by atoms with Crippen LogP contribution in [0.5, 0.6) is 0 Å². The Kier molecular flexibility index (Phi) is 3.46. The maximum Gasteiger partial charge on any atom is 0.198 e. The third-order valence-corrected chi connectivity index (χ3v) is 2.98. The van der Waals surface area contributed by atoms with Crippen LogP contribution in [0.25, 0.3) is 0 Å². The fourth-order valence-corrected chi connectivity index (χ4v) is 1.93. The van der Waals surface area contributed by atoms with Crippen LogP contribution in [0, 0.1) is 0 Å². The number of ether oxygens (including phenoxy) is 1. The van der Waals surface area contributed by atoms with E-state index < -0.39 is 24.1 Å². The Morgan fingerprint density at radius 2 is 1.82 bits per heavy atom. The number of benzene rings is 1. The monoisotopic (exact) mass is 240 g/mol. The lowest BCUT2D eigenvalue weighted by Crippen LogP contribution is -2.61. The van der Waals surface area contributed by atoms with Crippen molar-refractivity contribution in [1.82, 2.24) is 0 Å². The first kappa shape index (κ1) is 12.5. The maximum absolute atomic E-state index is 10.1. The summed E-state index contributed by atoms with van der Waals surface area (Å²) in [5, 5.41) is 38.7. The Morgan fingerprint density at radius 1 is 1.18 bits per heavy atom. The molecule has 1 unspecified atom stereocenters. The lowest BCUT2D eigenvalue weighted by Gasteiger charge is -2.41. The van der Waals surface area contributed by atoms with Crippen molar-refractivity contribution < 1.29 is 25.2 Å². The van der Waals surface area contributed by atoms with E-state index in [2.05, 4.69) is 0 Å². The quantitative estimate of drug-likeness (QED) is 0.534. The topological polar surface area (TPSA) is 90.2 Å². The molecule has 5 nitrogen and oxygen atoms in total. The second-order valence-electron chi connectivity index (χ2n) is 4.32. The van der Waals surface area contributed by atoms with E-state index in [0.717, 1.165) is 5.56 Å². The predicted molar refractivity (Wildman–Crippen MR) is 59.1 cm³/mol. The van der Waals surface area contributed by atoms with Gasteiger partial charge in [0, 0.05) is 6.42 Å². The summed E-state index contributed by atoms with van der Waals surface area (Å²) in [5.41, 5.74) is 0.776. The first-order valence-electron chi connectivity index (χ1n) is 5.47. The molecule has 0 bridgehead atoms. The molecule has 2 rings (SSSR count). The SMILES string of the molecule is O[C@H]1[C@H](O)COC(O)(Cc2ccccc2)[C@@H]1O. The molecule has 0 amide bonds. The lowest BCUT2D eigenvalue weighted by molar-refractivity contribution is -0.320. The molecule has 1 aliphatic heterocycles. The van der Waals surface area contributed by atoms with Gasteiger partial charge in [0.1, 0.15) is 18.3 Å². The van der Waals surface area contributed by atoms with Gasteiger partial charge < -0.3 is 25.2 Å². The first-order chi connectivity index (χ1) is 8.03. The summed E-state index contributed by atoms with van der Waals surface area (Å²) in [6.07, 6.45) is -4.07. The van der Waals surface area contributed by atoms with Crippen LogP contribution >= 0.6 is 0 Å². The van der Waals surface area contributed by atoms with Crippen LogP contribution in [0.1, 0.15) is 5.56 Å². The second kappa shape index (κ2) is 4.72. The molecule has 4 atom stereocenters. The summed E-state index contributed by atoms with van der Waals surface area (Å²) in [4.78, 5) is 0. The van der Waals surface area contributed by atoms with Crippen molar-refractivity contribution in [3.63, 3.8) is 0 Å². The van der Waals surface area contributed by atoms with Crippen molar-refractivity contribution in [3.05, 3.63) is 35.9 Å².